The van der Waals surface area contributed by atoms with E-state index in [1.54, 1.807) is 0 Å². The van der Waals surface area contributed by atoms with Crippen LogP contribution in [0, 0.1) is 0 Å². The fourth-order valence-electron chi connectivity index (χ4n) is 2.34. The maximum absolute atomic E-state index is 10.2. The Morgan fingerprint density at radius 3 is 2.15 bits per heavy atom. The van der Waals surface area contributed by atoms with Crippen molar-refractivity contribution in [1.29, 1.82) is 0 Å². The molecule has 2 N–H and O–H groups in total. The van der Waals surface area contributed by atoms with Crippen LogP contribution in [0.5, 0.6) is 0 Å². The number of likely N-dealkylation sites (N-methyl/N-ethyl adjacent to an activating group) is 1. The van der Waals surface area contributed by atoms with Crippen LogP contribution in [0.25, 0.3) is 0 Å². The van der Waals surface area contributed by atoms with Crippen LogP contribution in [0.2, 0.25) is 19.6 Å². The van der Waals surface area contributed by atoms with Crippen molar-refractivity contribution in [3.05, 3.63) is 29.8 Å². The lowest BCUT2D eigenvalue weighted by molar-refractivity contribution is 0.0336. The van der Waals surface area contributed by atoms with Gasteiger partial charge in [0, 0.05) is 19.6 Å². The molecule has 4 heteroatoms. The molecule has 1 rings (SSSR count). The predicted octanol–water partition coefficient (Wildman–Crippen LogP) is 1.63. The minimum absolute atomic E-state index is 0.598. The predicted molar refractivity (Wildman–Crippen MR) is 90.3 cm³/mol. The molecule has 0 aliphatic heterocycles. The topological polar surface area (TPSA) is 35.5 Å². The van der Waals surface area contributed by atoms with E-state index in [0.29, 0.717) is 13.1 Å². The van der Waals surface area contributed by atoms with Crippen LogP contribution in [0.1, 0.15) is 12.5 Å². The number of nitrogens with one attached hydrogen (secondary N) is 1. The molecule has 1 aromatic carbocycles. The molecule has 0 heterocycles. The summed E-state index contributed by atoms with van der Waals surface area (Å²) in [7, 11) is 2.75. The Hall–Kier alpha value is -0.683. The molecule has 0 aliphatic rings. The van der Waals surface area contributed by atoms with E-state index in [1.807, 2.05) is 25.9 Å². The molecule has 0 saturated heterocycles. The van der Waals surface area contributed by atoms with Crippen molar-refractivity contribution < 1.29 is 5.11 Å². The van der Waals surface area contributed by atoms with Crippen LogP contribution in [0.3, 0.4) is 0 Å². The molecule has 0 bridgehead atoms. The first-order chi connectivity index (χ1) is 9.10. The maximum atomic E-state index is 10.2. The van der Waals surface area contributed by atoms with Gasteiger partial charge in [-0.15, -0.1) is 0 Å². The molecule has 0 radical (unpaired) electrons. The molecule has 20 heavy (non-hydrogen) atoms. The van der Waals surface area contributed by atoms with Gasteiger partial charge in [0.25, 0.3) is 0 Å². The van der Waals surface area contributed by atoms with Crippen molar-refractivity contribution in [2.45, 2.75) is 38.7 Å². The van der Waals surface area contributed by atoms with Crippen LogP contribution < -0.4 is 10.5 Å². The Labute approximate surface area is 125 Å². The van der Waals surface area contributed by atoms with Crippen molar-refractivity contribution in [2.24, 2.45) is 0 Å². The van der Waals surface area contributed by atoms with Crippen molar-refractivity contribution in [1.82, 2.24) is 10.2 Å². The van der Waals surface area contributed by atoms with Crippen LogP contribution in [-0.2, 0) is 6.54 Å². The molecule has 0 aliphatic carbocycles. The second-order valence-electron chi connectivity index (χ2n) is 7.29. The monoisotopic (exact) mass is 294 g/mol. The minimum atomic E-state index is -1.20. The highest BCUT2D eigenvalue weighted by atomic mass is 28.3. The first kappa shape index (κ1) is 17.4. The van der Waals surface area contributed by atoms with Crippen molar-refractivity contribution in [2.75, 3.05) is 27.2 Å². The minimum Gasteiger partial charge on any atom is -0.388 e. The van der Waals surface area contributed by atoms with E-state index in [2.05, 4.69) is 49.2 Å². The Balaban J connectivity index is 2.47. The first-order valence-corrected chi connectivity index (χ1v) is 10.8. The Morgan fingerprint density at radius 2 is 1.70 bits per heavy atom. The molecule has 1 atom stereocenters. The summed E-state index contributed by atoms with van der Waals surface area (Å²) in [4.78, 5) is 2.00. The molecule has 1 aromatic rings. The molecular weight excluding hydrogens is 264 g/mol. The Kier molecular flexibility index (Phi) is 5.95. The normalized spacial score (nSPS) is 15.4. The van der Waals surface area contributed by atoms with Crippen LogP contribution in [0.4, 0.5) is 0 Å². The zero-order valence-electron chi connectivity index (χ0n) is 13.8. The quantitative estimate of drug-likeness (QED) is 0.751. The number of hydrogen-bond acceptors (Lipinski definition) is 3. The Bertz CT molecular complexity index is 407. The average Bonchev–Trinajstić information content (AvgIpc) is 2.26. The van der Waals surface area contributed by atoms with Gasteiger partial charge in [0.1, 0.15) is 0 Å². The van der Waals surface area contributed by atoms with Gasteiger partial charge in [-0.25, -0.2) is 0 Å². The van der Waals surface area contributed by atoms with Gasteiger partial charge in [-0.3, -0.25) is 0 Å². The highest BCUT2D eigenvalue weighted by molar-refractivity contribution is 6.88. The summed E-state index contributed by atoms with van der Waals surface area (Å²) >= 11 is 0. The van der Waals surface area contributed by atoms with E-state index >= 15 is 0 Å². The summed E-state index contributed by atoms with van der Waals surface area (Å²) in [5.74, 6) is 0. The highest BCUT2D eigenvalue weighted by Gasteiger charge is 2.20. The summed E-state index contributed by atoms with van der Waals surface area (Å²) in [5, 5.41) is 15.0. The van der Waals surface area contributed by atoms with Gasteiger partial charge in [0.15, 0.2) is 0 Å². The van der Waals surface area contributed by atoms with E-state index in [1.165, 1.54) is 10.8 Å². The third-order valence-electron chi connectivity index (χ3n) is 3.31. The molecular formula is C16H30N2OSi. The van der Waals surface area contributed by atoms with Crippen LogP contribution >= 0.6 is 0 Å². The SMILES string of the molecule is CN(C)CC(C)(O)CNCc1ccc([Si](C)(C)C)cc1. The molecule has 1 unspecified atom stereocenters. The third-order valence-corrected chi connectivity index (χ3v) is 5.38. The smallest absolute Gasteiger partial charge is 0.0869 e. The second kappa shape index (κ2) is 6.85. The fraction of sp³-hybridized carbons (Fsp3) is 0.625. The summed E-state index contributed by atoms with van der Waals surface area (Å²) in [6, 6.07) is 8.89. The lowest BCUT2D eigenvalue weighted by Gasteiger charge is -2.27. The molecule has 0 amide bonds. The van der Waals surface area contributed by atoms with Crippen molar-refractivity contribution in [3.63, 3.8) is 0 Å². The van der Waals surface area contributed by atoms with Gasteiger partial charge in [0.05, 0.1) is 13.7 Å². The van der Waals surface area contributed by atoms with Crippen LogP contribution in [-0.4, -0.2) is 50.9 Å². The van der Waals surface area contributed by atoms with Gasteiger partial charge in [0.2, 0.25) is 0 Å². The molecule has 0 spiro atoms. The van der Waals surface area contributed by atoms with Crippen molar-refractivity contribution in [3.8, 4) is 0 Å². The number of rotatable bonds is 7. The molecule has 0 fully saturated rings. The largest absolute Gasteiger partial charge is 0.388 e. The summed E-state index contributed by atoms with van der Waals surface area (Å²) < 4.78 is 0. The zero-order valence-corrected chi connectivity index (χ0v) is 14.8. The molecule has 0 aromatic heterocycles. The van der Waals surface area contributed by atoms with E-state index in [-0.39, 0.29) is 0 Å². The number of hydrogen-bond donors (Lipinski definition) is 2. The molecule has 0 saturated carbocycles. The summed E-state index contributed by atoms with van der Waals surface area (Å²) in [6.45, 7) is 11.0. The molecule has 114 valence electrons. The van der Waals surface area contributed by atoms with Gasteiger partial charge in [-0.05, 0) is 26.6 Å². The zero-order chi connectivity index (χ0) is 15.4. The lowest BCUT2D eigenvalue weighted by atomic mass is 10.1. The molecule has 3 nitrogen and oxygen atoms in total. The standard InChI is InChI=1S/C16H30N2OSi/c1-16(19,13-18(2)3)12-17-11-14-7-9-15(10-8-14)20(4,5)6/h7-10,17,19H,11-13H2,1-6H3. The number of aliphatic hydroxyl groups is 1. The Morgan fingerprint density at radius 1 is 1.15 bits per heavy atom. The van der Waals surface area contributed by atoms with Gasteiger partial charge in [-0.1, -0.05) is 49.1 Å². The average molecular weight is 295 g/mol. The van der Waals surface area contributed by atoms with Gasteiger partial charge < -0.3 is 15.3 Å². The second-order valence-corrected chi connectivity index (χ2v) is 12.4. The van der Waals surface area contributed by atoms with Crippen molar-refractivity contribution >= 4 is 13.3 Å². The van der Waals surface area contributed by atoms with Crippen LogP contribution in [0.15, 0.2) is 24.3 Å². The third kappa shape index (κ3) is 6.18. The van der Waals surface area contributed by atoms with Gasteiger partial charge in [-0.2, -0.15) is 0 Å². The van der Waals surface area contributed by atoms with E-state index in [0.717, 1.165) is 6.54 Å². The lowest BCUT2D eigenvalue weighted by Crippen LogP contribution is -2.45. The summed E-state index contributed by atoms with van der Waals surface area (Å²) in [5.41, 5.74) is 0.578. The summed E-state index contributed by atoms with van der Waals surface area (Å²) in [6.07, 6.45) is 0. The van der Waals surface area contributed by atoms with E-state index in [4.69, 9.17) is 0 Å². The van der Waals surface area contributed by atoms with Gasteiger partial charge >= 0.3 is 0 Å². The number of benzene rings is 1. The fourth-order valence-corrected chi connectivity index (χ4v) is 3.50. The first-order valence-electron chi connectivity index (χ1n) is 7.27. The maximum Gasteiger partial charge on any atom is 0.0869 e. The number of nitrogens with zero attached hydrogens (tertiary/aromatic N) is 1. The van der Waals surface area contributed by atoms with E-state index in [9.17, 15) is 5.11 Å². The highest BCUT2D eigenvalue weighted by Crippen LogP contribution is 2.06. The van der Waals surface area contributed by atoms with E-state index < -0.39 is 13.7 Å².